The molecule has 1 saturated heterocycles. The first kappa shape index (κ1) is 29.3. The Morgan fingerprint density at radius 2 is 1.86 bits per heavy atom. The number of carbonyl (C=O) groups is 2. The van der Waals surface area contributed by atoms with Crippen molar-refractivity contribution in [2.24, 2.45) is 0 Å². The third-order valence-corrected chi connectivity index (χ3v) is 9.81. The van der Waals surface area contributed by atoms with Gasteiger partial charge in [-0.05, 0) is 55.8 Å². The predicted octanol–water partition coefficient (Wildman–Crippen LogP) is 5.96. The maximum absolute atomic E-state index is 12.9. The summed E-state index contributed by atoms with van der Waals surface area (Å²) in [6.45, 7) is 6.63. The molecule has 10 heteroatoms. The van der Waals surface area contributed by atoms with Crippen molar-refractivity contribution in [1.82, 2.24) is 29.5 Å². The van der Waals surface area contributed by atoms with Crippen LogP contribution >= 0.6 is 23.1 Å². The molecular formula is C33H36N6O2S2. The molecule has 222 valence electrons. The van der Waals surface area contributed by atoms with Gasteiger partial charge in [0.2, 0.25) is 17.0 Å². The van der Waals surface area contributed by atoms with Gasteiger partial charge in [-0.3, -0.25) is 9.59 Å². The summed E-state index contributed by atoms with van der Waals surface area (Å²) >= 11 is 3.20. The summed E-state index contributed by atoms with van der Waals surface area (Å²) in [5.41, 5.74) is 5.17. The van der Waals surface area contributed by atoms with Crippen molar-refractivity contribution in [3.8, 4) is 0 Å². The maximum atomic E-state index is 12.9. The molecule has 0 saturated carbocycles. The summed E-state index contributed by atoms with van der Waals surface area (Å²) in [5, 5.41) is 12.8. The largest absolute Gasteiger partial charge is 0.339 e. The van der Waals surface area contributed by atoms with Crippen LogP contribution in [0.4, 0.5) is 0 Å². The smallest absolute Gasteiger partial charge is 0.228 e. The molecule has 0 bridgehead atoms. The SMILES string of the molecule is Cc1ccc2c(c1)c1nnc(SCCCCC(=O)N3CCN(C(=O)Cc4cccs4)C(C)C3)nc1n2Cc1ccccc1. The molecule has 0 spiro atoms. The van der Waals surface area contributed by atoms with Crippen LogP contribution in [0.1, 0.15) is 42.2 Å². The fourth-order valence-corrected chi connectivity index (χ4v) is 7.24. The lowest BCUT2D eigenvalue weighted by atomic mass is 10.1. The molecule has 1 unspecified atom stereocenters. The summed E-state index contributed by atoms with van der Waals surface area (Å²) in [6.07, 6.45) is 2.65. The van der Waals surface area contributed by atoms with E-state index in [0.29, 0.717) is 44.2 Å². The van der Waals surface area contributed by atoms with E-state index in [1.54, 1.807) is 23.1 Å². The molecule has 5 aromatic rings. The Bertz CT molecular complexity index is 1720. The van der Waals surface area contributed by atoms with E-state index in [2.05, 4.69) is 64.2 Å². The highest BCUT2D eigenvalue weighted by Crippen LogP contribution is 2.29. The highest BCUT2D eigenvalue weighted by molar-refractivity contribution is 7.99. The fraction of sp³-hybridized carbons (Fsp3) is 0.364. The summed E-state index contributed by atoms with van der Waals surface area (Å²) < 4.78 is 2.23. The molecule has 4 heterocycles. The van der Waals surface area contributed by atoms with Crippen LogP contribution in [-0.2, 0) is 22.6 Å². The number of aryl methyl sites for hydroxylation is 1. The number of thiophene rings is 1. The van der Waals surface area contributed by atoms with Crippen LogP contribution in [-0.4, -0.2) is 72.8 Å². The second-order valence-electron chi connectivity index (χ2n) is 11.2. The Balaban J connectivity index is 1.02. The Labute approximate surface area is 260 Å². The molecule has 3 aromatic heterocycles. The lowest BCUT2D eigenvalue weighted by Gasteiger charge is -2.40. The van der Waals surface area contributed by atoms with Gasteiger partial charge in [0.1, 0.15) is 5.52 Å². The van der Waals surface area contributed by atoms with Crippen LogP contribution in [0.15, 0.2) is 71.2 Å². The van der Waals surface area contributed by atoms with Gasteiger partial charge in [-0.1, -0.05) is 59.8 Å². The molecule has 0 radical (unpaired) electrons. The van der Waals surface area contributed by atoms with Crippen molar-refractivity contribution in [3.63, 3.8) is 0 Å². The minimum absolute atomic E-state index is 0.0293. The van der Waals surface area contributed by atoms with E-state index in [9.17, 15) is 9.59 Å². The number of hydrogen-bond donors (Lipinski definition) is 0. The van der Waals surface area contributed by atoms with Gasteiger partial charge in [0, 0.05) is 54.7 Å². The maximum Gasteiger partial charge on any atom is 0.228 e. The van der Waals surface area contributed by atoms with E-state index in [-0.39, 0.29) is 17.9 Å². The zero-order valence-electron chi connectivity index (χ0n) is 24.6. The van der Waals surface area contributed by atoms with Gasteiger partial charge in [-0.25, -0.2) is 4.98 Å². The quantitative estimate of drug-likeness (QED) is 0.143. The van der Waals surface area contributed by atoms with E-state index in [1.807, 2.05) is 40.3 Å². The topological polar surface area (TPSA) is 84.2 Å². The van der Waals surface area contributed by atoms with Crippen molar-refractivity contribution < 1.29 is 9.59 Å². The van der Waals surface area contributed by atoms with Crippen molar-refractivity contribution in [1.29, 1.82) is 0 Å². The van der Waals surface area contributed by atoms with E-state index in [0.717, 1.165) is 45.5 Å². The second-order valence-corrected chi connectivity index (χ2v) is 13.3. The van der Waals surface area contributed by atoms with Crippen LogP contribution in [0.5, 0.6) is 0 Å². The summed E-state index contributed by atoms with van der Waals surface area (Å²) in [7, 11) is 0. The number of amides is 2. The molecule has 6 rings (SSSR count). The average molecular weight is 613 g/mol. The summed E-state index contributed by atoms with van der Waals surface area (Å²) in [5.74, 6) is 1.13. The van der Waals surface area contributed by atoms with Gasteiger partial charge in [-0.2, -0.15) is 0 Å². The van der Waals surface area contributed by atoms with Crippen molar-refractivity contribution in [2.45, 2.75) is 57.3 Å². The van der Waals surface area contributed by atoms with Crippen molar-refractivity contribution in [3.05, 3.63) is 82.0 Å². The Hall–Kier alpha value is -3.76. The monoisotopic (exact) mass is 612 g/mol. The molecule has 0 N–H and O–H groups in total. The number of fused-ring (bicyclic) bond motifs is 3. The molecule has 1 aliphatic heterocycles. The normalized spacial score (nSPS) is 15.4. The van der Waals surface area contributed by atoms with Crippen LogP contribution in [0, 0.1) is 6.92 Å². The minimum Gasteiger partial charge on any atom is -0.339 e. The van der Waals surface area contributed by atoms with E-state index in [4.69, 9.17) is 4.98 Å². The van der Waals surface area contributed by atoms with Gasteiger partial charge in [0.25, 0.3) is 0 Å². The first-order valence-corrected chi connectivity index (χ1v) is 16.7. The molecule has 8 nitrogen and oxygen atoms in total. The molecular weight excluding hydrogens is 577 g/mol. The van der Waals surface area contributed by atoms with E-state index in [1.165, 1.54) is 11.1 Å². The molecule has 2 aromatic carbocycles. The van der Waals surface area contributed by atoms with Gasteiger partial charge < -0.3 is 14.4 Å². The lowest BCUT2D eigenvalue weighted by Crippen LogP contribution is -2.55. The van der Waals surface area contributed by atoms with Gasteiger partial charge >= 0.3 is 0 Å². The van der Waals surface area contributed by atoms with E-state index >= 15 is 0 Å². The van der Waals surface area contributed by atoms with E-state index < -0.39 is 0 Å². The number of thioether (sulfide) groups is 1. The molecule has 1 atom stereocenters. The third-order valence-electron chi connectivity index (χ3n) is 8.01. The summed E-state index contributed by atoms with van der Waals surface area (Å²) in [6, 6.07) is 20.8. The number of benzene rings is 2. The Morgan fingerprint density at radius 3 is 2.65 bits per heavy atom. The summed E-state index contributed by atoms with van der Waals surface area (Å²) in [4.78, 5) is 35.6. The zero-order valence-corrected chi connectivity index (χ0v) is 26.2. The molecule has 1 fully saturated rings. The van der Waals surface area contributed by atoms with Gasteiger partial charge in [0.15, 0.2) is 5.65 Å². The Morgan fingerprint density at radius 1 is 1.00 bits per heavy atom. The molecule has 0 aliphatic carbocycles. The average Bonchev–Trinajstić information content (AvgIpc) is 3.63. The number of unbranched alkanes of at least 4 members (excludes halogenated alkanes) is 1. The molecule has 2 amide bonds. The minimum atomic E-state index is 0.0293. The number of carbonyl (C=O) groups excluding carboxylic acids is 2. The highest BCUT2D eigenvalue weighted by Gasteiger charge is 2.29. The first-order chi connectivity index (χ1) is 21.0. The number of rotatable bonds is 10. The Kier molecular flexibility index (Phi) is 9.04. The van der Waals surface area contributed by atoms with Gasteiger partial charge in [0.05, 0.1) is 11.9 Å². The number of piperazine rings is 1. The van der Waals surface area contributed by atoms with Crippen LogP contribution < -0.4 is 0 Å². The predicted molar refractivity (Wildman–Crippen MR) is 173 cm³/mol. The van der Waals surface area contributed by atoms with Crippen molar-refractivity contribution in [2.75, 3.05) is 25.4 Å². The number of aromatic nitrogens is 4. The lowest BCUT2D eigenvalue weighted by molar-refractivity contribution is -0.142. The second kappa shape index (κ2) is 13.3. The fourth-order valence-electron chi connectivity index (χ4n) is 5.76. The third kappa shape index (κ3) is 6.75. The van der Waals surface area contributed by atoms with Crippen LogP contribution in [0.25, 0.3) is 22.1 Å². The van der Waals surface area contributed by atoms with Gasteiger partial charge in [-0.15, -0.1) is 21.5 Å². The molecule has 1 aliphatic rings. The van der Waals surface area contributed by atoms with Crippen LogP contribution in [0.2, 0.25) is 0 Å². The number of hydrogen-bond acceptors (Lipinski definition) is 7. The van der Waals surface area contributed by atoms with Crippen molar-refractivity contribution >= 4 is 57.0 Å². The zero-order chi connectivity index (χ0) is 29.8. The highest BCUT2D eigenvalue weighted by atomic mass is 32.2. The van der Waals surface area contributed by atoms with Crippen LogP contribution in [0.3, 0.4) is 0 Å². The standard InChI is InChI=1S/C33H36N6O2S2/c1-23-13-14-28-27(19-23)31-32(39(28)22-25-9-4-3-5-10-25)34-33(36-35-31)43-17-7-6-12-29(40)37-15-16-38(24(2)21-37)30(41)20-26-11-8-18-42-26/h3-5,8-11,13-14,18-19,24H,6-7,12,15-17,20-22H2,1-2H3. The number of nitrogens with zero attached hydrogens (tertiary/aromatic N) is 6. The molecule has 43 heavy (non-hydrogen) atoms. The first-order valence-electron chi connectivity index (χ1n) is 14.9.